The van der Waals surface area contributed by atoms with Gasteiger partial charge in [0.25, 0.3) is 0 Å². The Hall–Kier alpha value is -0.830. The van der Waals surface area contributed by atoms with Gasteiger partial charge >= 0.3 is 0 Å². The van der Waals surface area contributed by atoms with E-state index >= 15 is 0 Å². The Bertz CT molecular complexity index is 500. The van der Waals surface area contributed by atoms with Gasteiger partial charge in [-0.05, 0) is 62.3 Å². The van der Waals surface area contributed by atoms with Gasteiger partial charge in [0.05, 0.1) is 0 Å². The quantitative estimate of drug-likeness (QED) is 0.774. The van der Waals surface area contributed by atoms with Gasteiger partial charge in [-0.3, -0.25) is 4.79 Å². The van der Waals surface area contributed by atoms with Gasteiger partial charge in [0.1, 0.15) is 0 Å². The molecule has 1 fully saturated rings. The monoisotopic (exact) mass is 321 g/mol. The maximum atomic E-state index is 12.7. The van der Waals surface area contributed by atoms with Crippen molar-refractivity contribution in [3.05, 3.63) is 33.8 Å². The molecule has 1 aromatic rings. The summed E-state index contributed by atoms with van der Waals surface area (Å²) >= 11 is 3.51. The first-order valence-corrected chi connectivity index (χ1v) is 8.02. The number of amides is 1. The van der Waals surface area contributed by atoms with Gasteiger partial charge in [0.2, 0.25) is 5.91 Å². The second kappa shape index (κ2) is 5.28. The Labute approximate surface area is 123 Å². The molecule has 1 aliphatic carbocycles. The van der Waals surface area contributed by atoms with E-state index < -0.39 is 0 Å². The van der Waals surface area contributed by atoms with Crippen molar-refractivity contribution in [2.45, 2.75) is 45.1 Å². The molecule has 1 amide bonds. The number of carbonyl (C=O) groups is 1. The molecule has 102 valence electrons. The van der Waals surface area contributed by atoms with Gasteiger partial charge in [-0.2, -0.15) is 0 Å². The zero-order chi connectivity index (χ0) is 13.4. The van der Waals surface area contributed by atoms with E-state index in [-0.39, 0.29) is 5.92 Å². The molecule has 2 nitrogen and oxygen atoms in total. The van der Waals surface area contributed by atoms with Crippen LogP contribution in [0.4, 0.5) is 0 Å². The first-order valence-electron chi connectivity index (χ1n) is 7.23. The minimum absolute atomic E-state index is 0.171. The van der Waals surface area contributed by atoms with Crippen LogP contribution in [-0.2, 0) is 17.6 Å². The maximum Gasteiger partial charge on any atom is 0.226 e. The molecule has 3 heteroatoms. The van der Waals surface area contributed by atoms with Crippen molar-refractivity contribution < 1.29 is 4.79 Å². The SMILES string of the molecule is CC1CCCCN1C(=O)C1Cc2ccc(Br)cc2C1. The van der Waals surface area contributed by atoms with E-state index in [1.165, 1.54) is 24.0 Å². The Morgan fingerprint density at radius 2 is 2.05 bits per heavy atom. The lowest BCUT2D eigenvalue weighted by molar-refractivity contribution is -0.138. The van der Waals surface area contributed by atoms with Gasteiger partial charge in [0, 0.05) is 23.0 Å². The topological polar surface area (TPSA) is 20.3 Å². The minimum Gasteiger partial charge on any atom is -0.340 e. The summed E-state index contributed by atoms with van der Waals surface area (Å²) in [5.74, 6) is 0.546. The van der Waals surface area contributed by atoms with Crippen LogP contribution in [0.15, 0.2) is 22.7 Å². The number of hydrogen-bond donors (Lipinski definition) is 0. The van der Waals surface area contributed by atoms with Gasteiger partial charge in [0.15, 0.2) is 0 Å². The molecule has 1 heterocycles. The highest BCUT2D eigenvalue weighted by atomic mass is 79.9. The van der Waals surface area contributed by atoms with Crippen molar-refractivity contribution in [1.29, 1.82) is 0 Å². The molecule has 1 aromatic carbocycles. The average Bonchev–Trinajstić information content (AvgIpc) is 2.81. The third kappa shape index (κ3) is 2.58. The molecule has 2 unspecified atom stereocenters. The average molecular weight is 322 g/mol. The van der Waals surface area contributed by atoms with Crippen molar-refractivity contribution in [3.63, 3.8) is 0 Å². The molecule has 0 aromatic heterocycles. The second-order valence-corrected chi connectivity index (χ2v) is 6.81. The summed E-state index contributed by atoms with van der Waals surface area (Å²) < 4.78 is 1.12. The summed E-state index contributed by atoms with van der Waals surface area (Å²) in [4.78, 5) is 14.8. The molecule has 0 spiro atoms. The fraction of sp³-hybridized carbons (Fsp3) is 0.562. The van der Waals surface area contributed by atoms with Crippen LogP contribution in [0.25, 0.3) is 0 Å². The predicted molar refractivity (Wildman–Crippen MR) is 80.1 cm³/mol. The van der Waals surface area contributed by atoms with Gasteiger partial charge < -0.3 is 4.90 Å². The Morgan fingerprint density at radius 1 is 1.26 bits per heavy atom. The second-order valence-electron chi connectivity index (χ2n) is 5.89. The Kier molecular flexibility index (Phi) is 3.66. The van der Waals surface area contributed by atoms with E-state index in [0.717, 1.165) is 30.3 Å². The number of piperidine rings is 1. The largest absolute Gasteiger partial charge is 0.340 e. The summed E-state index contributed by atoms with van der Waals surface area (Å²) in [7, 11) is 0. The van der Waals surface area contributed by atoms with E-state index in [1.807, 2.05) is 0 Å². The van der Waals surface area contributed by atoms with E-state index in [1.54, 1.807) is 0 Å². The summed E-state index contributed by atoms with van der Waals surface area (Å²) in [5.41, 5.74) is 2.70. The van der Waals surface area contributed by atoms with Crippen molar-refractivity contribution in [1.82, 2.24) is 4.90 Å². The highest BCUT2D eigenvalue weighted by Gasteiger charge is 2.33. The molecule has 1 aliphatic heterocycles. The van der Waals surface area contributed by atoms with Crippen LogP contribution < -0.4 is 0 Å². The molecule has 2 atom stereocenters. The number of halogens is 1. The van der Waals surface area contributed by atoms with Crippen LogP contribution in [-0.4, -0.2) is 23.4 Å². The normalized spacial score (nSPS) is 26.3. The van der Waals surface area contributed by atoms with Crippen LogP contribution in [0.2, 0.25) is 0 Å². The molecule has 3 rings (SSSR count). The Morgan fingerprint density at radius 3 is 2.84 bits per heavy atom. The van der Waals surface area contributed by atoms with Crippen LogP contribution in [0.3, 0.4) is 0 Å². The highest BCUT2D eigenvalue weighted by Crippen LogP contribution is 2.31. The fourth-order valence-corrected chi connectivity index (χ4v) is 3.83. The fourth-order valence-electron chi connectivity index (χ4n) is 3.42. The van der Waals surface area contributed by atoms with Crippen LogP contribution in [0, 0.1) is 5.92 Å². The number of fused-ring (bicyclic) bond motifs is 1. The number of likely N-dealkylation sites (tertiary alicyclic amines) is 1. The summed E-state index contributed by atoms with van der Waals surface area (Å²) in [6.07, 6.45) is 5.43. The maximum absolute atomic E-state index is 12.7. The van der Waals surface area contributed by atoms with Gasteiger partial charge in [-0.25, -0.2) is 0 Å². The zero-order valence-corrected chi connectivity index (χ0v) is 12.9. The number of carbonyl (C=O) groups excluding carboxylic acids is 1. The molecular formula is C16H20BrNO. The van der Waals surface area contributed by atoms with Crippen molar-refractivity contribution in [3.8, 4) is 0 Å². The molecule has 0 radical (unpaired) electrons. The molecule has 1 saturated heterocycles. The van der Waals surface area contributed by atoms with E-state index in [2.05, 4.69) is 46.0 Å². The molecule has 0 saturated carbocycles. The van der Waals surface area contributed by atoms with Gasteiger partial charge in [-0.15, -0.1) is 0 Å². The van der Waals surface area contributed by atoms with E-state index in [0.29, 0.717) is 11.9 Å². The summed E-state index contributed by atoms with van der Waals surface area (Å²) in [6, 6.07) is 6.83. The molecule has 0 N–H and O–H groups in total. The van der Waals surface area contributed by atoms with Crippen LogP contribution in [0.5, 0.6) is 0 Å². The van der Waals surface area contributed by atoms with Crippen LogP contribution in [0.1, 0.15) is 37.3 Å². The van der Waals surface area contributed by atoms with E-state index in [4.69, 9.17) is 0 Å². The van der Waals surface area contributed by atoms with Crippen molar-refractivity contribution in [2.75, 3.05) is 6.54 Å². The highest BCUT2D eigenvalue weighted by molar-refractivity contribution is 9.10. The smallest absolute Gasteiger partial charge is 0.226 e. The van der Waals surface area contributed by atoms with Crippen LogP contribution >= 0.6 is 15.9 Å². The number of rotatable bonds is 1. The summed E-state index contributed by atoms with van der Waals surface area (Å²) in [5, 5.41) is 0. The first kappa shape index (κ1) is 13.2. The van der Waals surface area contributed by atoms with E-state index in [9.17, 15) is 4.79 Å². The van der Waals surface area contributed by atoms with Crippen molar-refractivity contribution in [2.24, 2.45) is 5.92 Å². The summed E-state index contributed by atoms with van der Waals surface area (Å²) in [6.45, 7) is 3.15. The molecular weight excluding hydrogens is 302 g/mol. The number of nitrogens with zero attached hydrogens (tertiary/aromatic N) is 1. The molecule has 2 aliphatic rings. The molecule has 19 heavy (non-hydrogen) atoms. The Balaban J connectivity index is 1.73. The predicted octanol–water partition coefficient (Wildman–Crippen LogP) is 3.56. The third-order valence-corrected chi connectivity index (χ3v) is 5.03. The standard InChI is InChI=1S/C16H20BrNO/c1-11-4-2-3-7-18(11)16(19)14-8-12-5-6-15(17)10-13(12)9-14/h5-6,10-11,14H,2-4,7-9H2,1H3. The zero-order valence-electron chi connectivity index (χ0n) is 11.4. The lowest BCUT2D eigenvalue weighted by atomic mass is 9.98. The minimum atomic E-state index is 0.171. The molecule has 0 bridgehead atoms. The first-order chi connectivity index (χ1) is 9.15. The third-order valence-electron chi connectivity index (χ3n) is 4.54. The lowest BCUT2D eigenvalue weighted by Crippen LogP contribution is -2.45. The lowest BCUT2D eigenvalue weighted by Gasteiger charge is -2.35. The number of hydrogen-bond acceptors (Lipinski definition) is 1. The number of benzene rings is 1. The van der Waals surface area contributed by atoms with Gasteiger partial charge in [-0.1, -0.05) is 22.0 Å². The van der Waals surface area contributed by atoms with Crippen molar-refractivity contribution >= 4 is 21.8 Å².